The number of nitriles is 2. The summed E-state index contributed by atoms with van der Waals surface area (Å²) in [6.07, 6.45) is 0. The van der Waals surface area contributed by atoms with Crippen molar-refractivity contribution >= 4 is 86.7 Å². The Labute approximate surface area is 297 Å². The SMILES string of the molecule is N#Cc1cc(C#N)c(-n2c3ccc4ccccc4c3c3c4ccccc4ccc32)c(-n2c3ccc4ccccc4c3c3c4ccccc4ccc32)c1. The molecule has 0 amide bonds. The summed E-state index contributed by atoms with van der Waals surface area (Å²) < 4.78 is 4.54. The lowest BCUT2D eigenvalue weighted by atomic mass is 10.00. The average Bonchev–Trinajstić information content (AvgIpc) is 3.74. The third kappa shape index (κ3) is 3.73. The molecule has 9 aromatic carbocycles. The van der Waals surface area contributed by atoms with Crippen LogP contribution in [0.5, 0.6) is 0 Å². The molecular weight excluding hydrogens is 633 g/mol. The molecule has 2 heterocycles. The number of hydrogen-bond donors (Lipinski definition) is 0. The maximum absolute atomic E-state index is 11.0. The highest BCUT2D eigenvalue weighted by Gasteiger charge is 2.25. The fourth-order valence-electron chi connectivity index (χ4n) is 8.77. The first-order chi connectivity index (χ1) is 25.7. The summed E-state index contributed by atoms with van der Waals surface area (Å²) in [5, 5.41) is 35.2. The molecule has 0 atom stereocenters. The van der Waals surface area contributed by atoms with Gasteiger partial charge in [0.25, 0.3) is 0 Å². The highest BCUT2D eigenvalue weighted by atomic mass is 15.1. The molecule has 0 aliphatic rings. The molecule has 0 unspecified atom stereocenters. The van der Waals surface area contributed by atoms with Crippen molar-refractivity contribution in [3.8, 4) is 23.5 Å². The van der Waals surface area contributed by atoms with Crippen LogP contribution in [0.2, 0.25) is 0 Å². The number of rotatable bonds is 2. The van der Waals surface area contributed by atoms with Crippen molar-refractivity contribution in [2.45, 2.75) is 0 Å². The second kappa shape index (κ2) is 10.6. The maximum atomic E-state index is 11.0. The molecule has 0 radical (unpaired) electrons. The van der Waals surface area contributed by atoms with Gasteiger partial charge < -0.3 is 9.13 Å². The van der Waals surface area contributed by atoms with Crippen LogP contribution in [0.4, 0.5) is 0 Å². The normalized spacial score (nSPS) is 11.8. The van der Waals surface area contributed by atoms with Crippen molar-refractivity contribution in [1.82, 2.24) is 9.13 Å². The van der Waals surface area contributed by atoms with Crippen LogP contribution >= 0.6 is 0 Å². The van der Waals surface area contributed by atoms with Crippen LogP contribution in [0.1, 0.15) is 11.1 Å². The van der Waals surface area contributed by atoms with Gasteiger partial charge in [0, 0.05) is 21.5 Å². The van der Waals surface area contributed by atoms with Gasteiger partial charge in [-0.15, -0.1) is 0 Å². The van der Waals surface area contributed by atoms with Crippen molar-refractivity contribution in [1.29, 1.82) is 10.5 Å². The predicted octanol–water partition coefficient (Wildman–Crippen LogP) is 12.2. The summed E-state index contributed by atoms with van der Waals surface area (Å²) in [6, 6.07) is 60.1. The molecular formula is C48H26N4. The van der Waals surface area contributed by atoms with E-state index in [0.717, 1.165) is 98.1 Å². The Kier molecular flexibility index (Phi) is 5.77. The van der Waals surface area contributed by atoms with Crippen LogP contribution in [0.25, 0.3) is 98.1 Å². The van der Waals surface area contributed by atoms with E-state index in [9.17, 15) is 10.5 Å². The minimum atomic E-state index is 0.434. The number of benzene rings is 9. The van der Waals surface area contributed by atoms with Gasteiger partial charge in [0.05, 0.1) is 50.6 Å². The monoisotopic (exact) mass is 658 g/mol. The number of hydrogen-bond acceptors (Lipinski definition) is 2. The molecule has 2 aromatic heterocycles. The standard InChI is InChI=1S/C48H26N4/c49-27-29-25-34(28-50)48(52-41-23-19-32-11-3-7-15-37(32)46(41)47-38-16-8-4-12-33(38)20-24-42(47)52)43(26-29)51-39-21-17-30-9-1-5-13-35(30)44(39)45-36-14-6-2-10-31(36)18-22-40(45)51/h1-26H. The lowest BCUT2D eigenvalue weighted by Gasteiger charge is -2.19. The van der Waals surface area contributed by atoms with E-state index < -0.39 is 0 Å². The molecule has 0 aliphatic carbocycles. The van der Waals surface area contributed by atoms with Crippen LogP contribution in [0.15, 0.2) is 158 Å². The summed E-state index contributed by atoms with van der Waals surface area (Å²) >= 11 is 0. The largest absolute Gasteiger partial charge is 0.307 e. The molecule has 4 heteroatoms. The Morgan fingerprint density at radius 3 is 1.10 bits per heavy atom. The van der Waals surface area contributed by atoms with E-state index in [1.54, 1.807) is 6.07 Å². The first-order valence-electron chi connectivity index (χ1n) is 17.4. The maximum Gasteiger partial charge on any atom is 0.101 e. The summed E-state index contributed by atoms with van der Waals surface area (Å²) in [5.74, 6) is 0. The quantitative estimate of drug-likeness (QED) is 0.186. The van der Waals surface area contributed by atoms with Gasteiger partial charge in [0.1, 0.15) is 6.07 Å². The summed E-state index contributed by atoms with van der Waals surface area (Å²) in [5.41, 5.74) is 6.43. The van der Waals surface area contributed by atoms with Crippen LogP contribution in [-0.2, 0) is 0 Å². The van der Waals surface area contributed by atoms with Crippen molar-refractivity contribution < 1.29 is 0 Å². The molecule has 0 fully saturated rings. The Morgan fingerprint density at radius 1 is 0.365 bits per heavy atom. The fourth-order valence-corrected chi connectivity index (χ4v) is 8.77. The minimum absolute atomic E-state index is 0.434. The van der Waals surface area contributed by atoms with Crippen LogP contribution in [-0.4, -0.2) is 9.13 Å². The molecule has 11 aromatic rings. The zero-order valence-electron chi connectivity index (χ0n) is 27.8. The van der Waals surface area contributed by atoms with Crippen LogP contribution < -0.4 is 0 Å². The second-order valence-corrected chi connectivity index (χ2v) is 13.5. The van der Waals surface area contributed by atoms with Gasteiger partial charge >= 0.3 is 0 Å². The van der Waals surface area contributed by atoms with Gasteiger partial charge in [-0.05, 0) is 79.5 Å². The molecule has 0 bridgehead atoms. The van der Waals surface area contributed by atoms with E-state index in [-0.39, 0.29) is 0 Å². The van der Waals surface area contributed by atoms with Gasteiger partial charge in [-0.2, -0.15) is 10.5 Å². The third-order valence-corrected chi connectivity index (χ3v) is 10.9. The third-order valence-electron chi connectivity index (χ3n) is 10.9. The number of fused-ring (bicyclic) bond motifs is 14. The van der Waals surface area contributed by atoms with E-state index in [1.807, 2.05) is 6.07 Å². The first kappa shape index (κ1) is 28.4. The zero-order chi connectivity index (χ0) is 34.5. The van der Waals surface area contributed by atoms with Crippen LogP contribution in [0.3, 0.4) is 0 Å². The highest BCUT2D eigenvalue weighted by molar-refractivity contribution is 6.30. The van der Waals surface area contributed by atoms with Crippen molar-refractivity contribution in [3.63, 3.8) is 0 Å². The molecule has 0 saturated heterocycles. The van der Waals surface area contributed by atoms with E-state index in [2.05, 4.69) is 167 Å². The van der Waals surface area contributed by atoms with Gasteiger partial charge in [-0.3, -0.25) is 0 Å². The molecule has 0 saturated carbocycles. The molecule has 0 N–H and O–H groups in total. The molecule has 238 valence electrons. The van der Waals surface area contributed by atoms with Gasteiger partial charge in [-0.25, -0.2) is 0 Å². The van der Waals surface area contributed by atoms with Crippen LogP contribution in [0, 0.1) is 22.7 Å². The molecule has 0 spiro atoms. The topological polar surface area (TPSA) is 57.4 Å². The smallest absolute Gasteiger partial charge is 0.101 e. The van der Waals surface area contributed by atoms with E-state index >= 15 is 0 Å². The molecule has 0 aliphatic heterocycles. The Hall–Kier alpha value is -7.40. The van der Waals surface area contributed by atoms with Crippen molar-refractivity contribution in [2.75, 3.05) is 0 Å². The molecule has 11 rings (SSSR count). The average molecular weight is 659 g/mol. The van der Waals surface area contributed by atoms with E-state index in [0.29, 0.717) is 11.1 Å². The molecule has 4 nitrogen and oxygen atoms in total. The van der Waals surface area contributed by atoms with Crippen molar-refractivity contribution in [3.05, 3.63) is 169 Å². The van der Waals surface area contributed by atoms with Gasteiger partial charge in [0.15, 0.2) is 0 Å². The summed E-state index contributed by atoms with van der Waals surface area (Å²) in [4.78, 5) is 0. The molecule has 52 heavy (non-hydrogen) atoms. The fraction of sp³-hybridized carbons (Fsp3) is 0. The zero-order valence-corrected chi connectivity index (χ0v) is 27.8. The first-order valence-corrected chi connectivity index (χ1v) is 17.4. The predicted molar refractivity (Wildman–Crippen MR) is 215 cm³/mol. The summed E-state index contributed by atoms with van der Waals surface area (Å²) in [6.45, 7) is 0. The number of nitrogens with zero attached hydrogens (tertiary/aromatic N) is 4. The Bertz CT molecular complexity index is 3250. The Morgan fingerprint density at radius 2 is 0.731 bits per heavy atom. The van der Waals surface area contributed by atoms with Gasteiger partial charge in [0.2, 0.25) is 0 Å². The lowest BCUT2D eigenvalue weighted by molar-refractivity contribution is 1.09. The lowest BCUT2D eigenvalue weighted by Crippen LogP contribution is -2.07. The van der Waals surface area contributed by atoms with E-state index in [4.69, 9.17) is 0 Å². The van der Waals surface area contributed by atoms with Crippen molar-refractivity contribution in [2.24, 2.45) is 0 Å². The summed E-state index contributed by atoms with van der Waals surface area (Å²) in [7, 11) is 0. The highest BCUT2D eigenvalue weighted by Crippen LogP contribution is 2.45. The Balaban J connectivity index is 1.40. The van der Waals surface area contributed by atoms with Gasteiger partial charge in [-0.1, -0.05) is 121 Å². The second-order valence-electron chi connectivity index (χ2n) is 13.5. The number of aromatic nitrogens is 2. The van der Waals surface area contributed by atoms with E-state index in [1.165, 1.54) is 0 Å². The minimum Gasteiger partial charge on any atom is -0.307 e.